The number of hydrogen-bond donors (Lipinski definition) is 0. The maximum Gasteiger partial charge on any atom is 0.147 e. The summed E-state index contributed by atoms with van der Waals surface area (Å²) in [5, 5.41) is 0. The van der Waals surface area contributed by atoms with Crippen molar-refractivity contribution in [3.63, 3.8) is 0 Å². The number of sulfone groups is 1. The molecule has 0 aromatic rings. The highest BCUT2D eigenvalue weighted by molar-refractivity contribution is 7.90. The summed E-state index contributed by atoms with van der Waals surface area (Å²) in [6.07, 6.45) is 5.53. The SMILES string of the molecule is [CH2]N1CCCCC1CCS(C)(=O)=O. The lowest BCUT2D eigenvalue weighted by Crippen LogP contribution is -2.35. The molecule has 1 rings (SSSR count). The van der Waals surface area contributed by atoms with Crippen molar-refractivity contribution < 1.29 is 8.42 Å². The van der Waals surface area contributed by atoms with Crippen LogP contribution in [0.4, 0.5) is 0 Å². The predicted molar refractivity (Wildman–Crippen MR) is 54.0 cm³/mol. The summed E-state index contributed by atoms with van der Waals surface area (Å²) in [4.78, 5) is 2.04. The molecule has 4 heteroatoms. The van der Waals surface area contributed by atoms with E-state index in [0.717, 1.165) is 19.4 Å². The fourth-order valence-electron chi connectivity index (χ4n) is 1.74. The van der Waals surface area contributed by atoms with Crippen LogP contribution >= 0.6 is 0 Å². The van der Waals surface area contributed by atoms with Gasteiger partial charge in [0.15, 0.2) is 0 Å². The number of rotatable bonds is 3. The maximum absolute atomic E-state index is 10.9. The Bertz CT molecular complexity index is 248. The van der Waals surface area contributed by atoms with E-state index in [1.54, 1.807) is 0 Å². The Hall–Kier alpha value is -0.0900. The number of likely N-dealkylation sites (tertiary alicyclic amines) is 1. The first kappa shape index (κ1) is 11.0. The van der Waals surface area contributed by atoms with E-state index in [9.17, 15) is 8.42 Å². The molecule has 1 saturated heterocycles. The predicted octanol–water partition coefficient (Wildman–Crippen LogP) is 1.07. The van der Waals surface area contributed by atoms with Gasteiger partial charge in [-0.1, -0.05) is 6.42 Å². The van der Waals surface area contributed by atoms with Crippen LogP contribution in [0.1, 0.15) is 25.7 Å². The van der Waals surface area contributed by atoms with Crippen LogP contribution in [0.5, 0.6) is 0 Å². The minimum absolute atomic E-state index is 0.295. The van der Waals surface area contributed by atoms with Gasteiger partial charge in [0.05, 0.1) is 5.75 Å². The molecule has 1 radical (unpaired) electrons. The van der Waals surface area contributed by atoms with Gasteiger partial charge in [-0.3, -0.25) is 4.90 Å². The Kier molecular flexibility index (Phi) is 3.74. The van der Waals surface area contributed by atoms with E-state index in [2.05, 4.69) is 7.05 Å². The molecule has 0 aromatic carbocycles. The highest BCUT2D eigenvalue weighted by Gasteiger charge is 2.19. The average Bonchev–Trinajstić information content (AvgIpc) is 2.01. The fraction of sp³-hybridized carbons (Fsp3) is 0.889. The molecule has 1 heterocycles. The van der Waals surface area contributed by atoms with Crippen molar-refractivity contribution in [2.75, 3.05) is 18.6 Å². The van der Waals surface area contributed by atoms with Crippen LogP contribution in [0, 0.1) is 7.05 Å². The molecular weight excluding hydrogens is 186 g/mol. The average molecular weight is 204 g/mol. The Balaban J connectivity index is 2.35. The molecular formula is C9H18NO2S. The monoisotopic (exact) mass is 204 g/mol. The Morgan fingerprint density at radius 2 is 2.15 bits per heavy atom. The van der Waals surface area contributed by atoms with Gasteiger partial charge in [-0.25, -0.2) is 8.42 Å². The molecule has 1 aliphatic rings. The van der Waals surface area contributed by atoms with Crippen LogP contribution in [0.15, 0.2) is 0 Å². The van der Waals surface area contributed by atoms with Crippen molar-refractivity contribution in [2.45, 2.75) is 31.7 Å². The van der Waals surface area contributed by atoms with Crippen molar-refractivity contribution in [1.82, 2.24) is 4.90 Å². The summed E-state index contributed by atoms with van der Waals surface area (Å²) in [6.45, 7) is 1.01. The van der Waals surface area contributed by atoms with E-state index in [1.165, 1.54) is 19.1 Å². The lowest BCUT2D eigenvalue weighted by molar-refractivity contribution is 0.204. The zero-order valence-electron chi connectivity index (χ0n) is 8.20. The minimum Gasteiger partial charge on any atom is -0.299 e. The first-order valence-corrected chi connectivity index (χ1v) is 6.80. The Labute approximate surface area is 81.0 Å². The third kappa shape index (κ3) is 4.09. The molecule has 0 aliphatic carbocycles. The van der Waals surface area contributed by atoms with Gasteiger partial charge in [-0.05, 0) is 25.8 Å². The molecule has 1 aliphatic heterocycles. The lowest BCUT2D eigenvalue weighted by atomic mass is 10.0. The quantitative estimate of drug-likeness (QED) is 0.690. The molecule has 1 fully saturated rings. The highest BCUT2D eigenvalue weighted by Crippen LogP contribution is 2.18. The largest absolute Gasteiger partial charge is 0.299 e. The van der Waals surface area contributed by atoms with Crippen LogP contribution in [0.3, 0.4) is 0 Å². The maximum atomic E-state index is 10.9. The number of hydrogen-bond acceptors (Lipinski definition) is 3. The topological polar surface area (TPSA) is 37.4 Å². The molecule has 3 nitrogen and oxygen atoms in total. The zero-order chi connectivity index (χ0) is 9.90. The normalized spacial score (nSPS) is 26.2. The van der Waals surface area contributed by atoms with Gasteiger partial charge in [0.1, 0.15) is 9.84 Å². The van der Waals surface area contributed by atoms with E-state index in [1.807, 2.05) is 4.90 Å². The van der Waals surface area contributed by atoms with Crippen molar-refractivity contribution in [1.29, 1.82) is 0 Å². The Morgan fingerprint density at radius 3 is 2.69 bits per heavy atom. The lowest BCUT2D eigenvalue weighted by Gasteiger charge is -2.31. The summed E-state index contributed by atoms with van der Waals surface area (Å²) in [5.74, 6) is 0.295. The summed E-state index contributed by atoms with van der Waals surface area (Å²) in [7, 11) is 1.12. The van der Waals surface area contributed by atoms with E-state index < -0.39 is 9.84 Å². The highest BCUT2D eigenvalue weighted by atomic mass is 32.2. The molecule has 0 aromatic heterocycles. The third-order valence-corrected chi connectivity index (χ3v) is 3.55. The van der Waals surface area contributed by atoms with Crippen LogP contribution in [-0.4, -0.2) is 37.9 Å². The summed E-state index contributed by atoms with van der Waals surface area (Å²) >= 11 is 0. The molecule has 0 spiro atoms. The second kappa shape index (κ2) is 4.42. The van der Waals surface area contributed by atoms with Crippen molar-refractivity contribution >= 4 is 9.84 Å². The molecule has 0 bridgehead atoms. The Morgan fingerprint density at radius 1 is 1.46 bits per heavy atom. The first-order valence-electron chi connectivity index (χ1n) is 4.74. The molecule has 77 valence electrons. The van der Waals surface area contributed by atoms with Crippen molar-refractivity contribution in [2.24, 2.45) is 0 Å². The standard InChI is InChI=1S/C9H18NO2S/c1-10-7-4-3-5-9(10)6-8-13(2,11)12/h9H,1,3-8H2,2H3. The van der Waals surface area contributed by atoms with Gasteiger partial charge >= 0.3 is 0 Å². The van der Waals surface area contributed by atoms with Gasteiger partial charge in [0.2, 0.25) is 0 Å². The molecule has 0 N–H and O–H groups in total. The summed E-state index contributed by atoms with van der Waals surface area (Å²) in [6, 6.07) is 0.378. The van der Waals surface area contributed by atoms with E-state index in [4.69, 9.17) is 0 Å². The molecule has 1 unspecified atom stereocenters. The second-order valence-electron chi connectivity index (χ2n) is 3.88. The van der Waals surface area contributed by atoms with E-state index in [0.29, 0.717) is 11.8 Å². The second-order valence-corrected chi connectivity index (χ2v) is 6.14. The van der Waals surface area contributed by atoms with Gasteiger partial charge in [-0.2, -0.15) is 0 Å². The molecule has 13 heavy (non-hydrogen) atoms. The third-order valence-electron chi connectivity index (χ3n) is 2.57. The van der Waals surface area contributed by atoms with Crippen molar-refractivity contribution in [3.8, 4) is 0 Å². The van der Waals surface area contributed by atoms with Crippen LogP contribution in [0.2, 0.25) is 0 Å². The fourth-order valence-corrected chi connectivity index (χ4v) is 2.44. The minimum atomic E-state index is -2.80. The molecule has 0 amide bonds. The van der Waals surface area contributed by atoms with Gasteiger partial charge in [0.25, 0.3) is 0 Å². The summed E-state index contributed by atoms with van der Waals surface area (Å²) in [5.41, 5.74) is 0. The van der Waals surface area contributed by atoms with Gasteiger partial charge < -0.3 is 0 Å². The van der Waals surface area contributed by atoms with Crippen LogP contribution in [0.25, 0.3) is 0 Å². The van der Waals surface area contributed by atoms with Crippen LogP contribution in [-0.2, 0) is 9.84 Å². The van der Waals surface area contributed by atoms with E-state index in [-0.39, 0.29) is 0 Å². The number of nitrogens with zero attached hydrogens (tertiary/aromatic N) is 1. The smallest absolute Gasteiger partial charge is 0.147 e. The van der Waals surface area contributed by atoms with Gasteiger partial charge in [0, 0.05) is 19.3 Å². The first-order chi connectivity index (χ1) is 5.99. The van der Waals surface area contributed by atoms with E-state index >= 15 is 0 Å². The van der Waals surface area contributed by atoms with Crippen molar-refractivity contribution in [3.05, 3.63) is 7.05 Å². The molecule has 1 atom stereocenters. The zero-order valence-corrected chi connectivity index (χ0v) is 9.02. The summed E-state index contributed by atoms with van der Waals surface area (Å²) < 4.78 is 21.9. The van der Waals surface area contributed by atoms with Gasteiger partial charge in [-0.15, -0.1) is 0 Å². The van der Waals surface area contributed by atoms with Crippen LogP contribution < -0.4 is 0 Å². The number of piperidine rings is 1. The molecule has 0 saturated carbocycles.